The van der Waals surface area contributed by atoms with Gasteiger partial charge in [-0.15, -0.1) is 35.3 Å². The number of rotatable bonds is 3. The van der Waals surface area contributed by atoms with Crippen LogP contribution in [0, 0.1) is 0 Å². The van der Waals surface area contributed by atoms with E-state index in [9.17, 15) is 0 Å². The molecule has 0 unspecified atom stereocenters. The Bertz CT molecular complexity index is 673. The van der Waals surface area contributed by atoms with Crippen molar-refractivity contribution in [3.05, 3.63) is 65.4 Å². The summed E-state index contributed by atoms with van der Waals surface area (Å²) in [6.45, 7) is 0. The van der Waals surface area contributed by atoms with Gasteiger partial charge in [-0.05, 0) is 35.7 Å². The molecule has 6 heteroatoms. The van der Waals surface area contributed by atoms with Crippen molar-refractivity contribution in [2.24, 2.45) is 10.7 Å². The molecule has 2 N–H and O–H groups in total. The average Bonchev–Trinajstić information content (AvgIpc) is 3.13. The minimum absolute atomic E-state index is 0. The number of nitrogens with zero attached hydrogens (tertiary/aromatic N) is 3. The van der Waals surface area contributed by atoms with Crippen molar-refractivity contribution in [1.29, 1.82) is 0 Å². The fraction of sp³-hybridized carbons (Fsp3) is 0. The molecule has 0 aliphatic heterocycles. The van der Waals surface area contributed by atoms with Gasteiger partial charge in [0.15, 0.2) is 0 Å². The number of benzene rings is 1. The SMILES string of the molecule is I.NC(=Nc1ccc(-n2ccnc2)cc1)c1cccs1. The van der Waals surface area contributed by atoms with Gasteiger partial charge >= 0.3 is 0 Å². The van der Waals surface area contributed by atoms with Gasteiger partial charge in [0.1, 0.15) is 5.84 Å². The third kappa shape index (κ3) is 3.26. The first-order chi connectivity index (χ1) is 9.33. The minimum Gasteiger partial charge on any atom is -0.383 e. The first kappa shape index (κ1) is 14.7. The molecule has 0 aliphatic carbocycles. The quantitative estimate of drug-likeness (QED) is 0.418. The van der Waals surface area contributed by atoms with Crippen LogP contribution in [-0.2, 0) is 0 Å². The zero-order valence-electron chi connectivity index (χ0n) is 10.5. The summed E-state index contributed by atoms with van der Waals surface area (Å²) in [6, 6.07) is 11.8. The van der Waals surface area contributed by atoms with Crippen molar-refractivity contribution < 1.29 is 0 Å². The number of amidine groups is 1. The van der Waals surface area contributed by atoms with Crippen LogP contribution in [0.2, 0.25) is 0 Å². The van der Waals surface area contributed by atoms with Crippen LogP contribution in [0.25, 0.3) is 5.69 Å². The van der Waals surface area contributed by atoms with Gasteiger partial charge in [-0.25, -0.2) is 9.98 Å². The third-order valence-corrected chi connectivity index (χ3v) is 3.57. The Labute approximate surface area is 138 Å². The molecule has 20 heavy (non-hydrogen) atoms. The Morgan fingerprint density at radius 1 is 1.20 bits per heavy atom. The number of nitrogens with two attached hydrogens (primary N) is 1. The fourth-order valence-electron chi connectivity index (χ4n) is 1.73. The molecular weight excluding hydrogens is 383 g/mol. The van der Waals surface area contributed by atoms with E-state index in [0.717, 1.165) is 16.3 Å². The van der Waals surface area contributed by atoms with Crippen LogP contribution in [0.5, 0.6) is 0 Å². The van der Waals surface area contributed by atoms with Crippen LogP contribution in [0.1, 0.15) is 4.88 Å². The van der Waals surface area contributed by atoms with Gasteiger partial charge in [0.2, 0.25) is 0 Å². The van der Waals surface area contributed by atoms with Gasteiger partial charge in [-0.1, -0.05) is 6.07 Å². The molecule has 2 aromatic heterocycles. The molecule has 3 aromatic rings. The normalized spacial score (nSPS) is 11.1. The third-order valence-electron chi connectivity index (χ3n) is 2.68. The maximum atomic E-state index is 5.95. The Morgan fingerprint density at radius 2 is 2.00 bits per heavy atom. The maximum Gasteiger partial charge on any atom is 0.141 e. The van der Waals surface area contributed by atoms with E-state index < -0.39 is 0 Å². The summed E-state index contributed by atoms with van der Waals surface area (Å²) in [5.41, 5.74) is 7.84. The molecule has 0 saturated heterocycles. The lowest BCUT2D eigenvalue weighted by Gasteiger charge is -2.02. The molecule has 0 spiro atoms. The number of halogens is 1. The zero-order chi connectivity index (χ0) is 13.1. The second kappa shape index (κ2) is 6.67. The van der Waals surface area contributed by atoms with E-state index in [4.69, 9.17) is 5.73 Å². The Kier molecular flexibility index (Phi) is 4.91. The van der Waals surface area contributed by atoms with Gasteiger partial charge in [0.05, 0.1) is 16.9 Å². The smallest absolute Gasteiger partial charge is 0.141 e. The van der Waals surface area contributed by atoms with Crippen molar-refractivity contribution in [2.75, 3.05) is 0 Å². The zero-order valence-corrected chi connectivity index (χ0v) is 13.7. The lowest BCUT2D eigenvalue weighted by atomic mass is 10.3. The first-order valence-electron chi connectivity index (χ1n) is 5.79. The molecule has 0 bridgehead atoms. The average molecular weight is 396 g/mol. The molecule has 3 rings (SSSR count). The molecule has 0 amide bonds. The largest absolute Gasteiger partial charge is 0.383 e. The molecule has 0 radical (unpaired) electrons. The Morgan fingerprint density at radius 3 is 2.60 bits per heavy atom. The number of hydrogen-bond acceptors (Lipinski definition) is 3. The Hall–Kier alpha value is -1.67. The Balaban J connectivity index is 0.00000147. The molecular formula is C14H13IN4S. The highest BCUT2D eigenvalue weighted by molar-refractivity contribution is 14.0. The van der Waals surface area contributed by atoms with Crippen molar-refractivity contribution in [3.8, 4) is 5.69 Å². The standard InChI is InChI=1S/C14H12N4S.HI/c15-14(13-2-1-9-19-13)17-11-3-5-12(6-4-11)18-8-7-16-10-18;/h1-10H,(H2,15,17);1H. The summed E-state index contributed by atoms with van der Waals surface area (Å²) in [7, 11) is 0. The summed E-state index contributed by atoms with van der Waals surface area (Å²) in [6.07, 6.45) is 5.41. The second-order valence-electron chi connectivity index (χ2n) is 3.96. The highest BCUT2D eigenvalue weighted by Gasteiger charge is 2.00. The molecule has 4 nitrogen and oxygen atoms in total. The van der Waals surface area contributed by atoms with Crippen molar-refractivity contribution in [1.82, 2.24) is 9.55 Å². The van der Waals surface area contributed by atoms with Gasteiger partial charge in [0, 0.05) is 18.1 Å². The van der Waals surface area contributed by atoms with Gasteiger partial charge in [-0.3, -0.25) is 0 Å². The number of imidazole rings is 1. The fourth-order valence-corrected chi connectivity index (χ4v) is 2.36. The maximum absolute atomic E-state index is 5.95. The number of aliphatic imine (C=N–C) groups is 1. The van der Waals surface area contributed by atoms with Gasteiger partial charge in [0.25, 0.3) is 0 Å². The van der Waals surface area contributed by atoms with Crippen LogP contribution in [0.15, 0.2) is 65.5 Å². The highest BCUT2D eigenvalue weighted by atomic mass is 127. The monoisotopic (exact) mass is 396 g/mol. The summed E-state index contributed by atoms with van der Waals surface area (Å²) in [5.74, 6) is 0.547. The van der Waals surface area contributed by atoms with E-state index in [1.807, 2.05) is 52.5 Å². The number of thiophene rings is 1. The van der Waals surface area contributed by atoms with Gasteiger partial charge < -0.3 is 10.3 Å². The van der Waals surface area contributed by atoms with Crippen molar-refractivity contribution in [2.45, 2.75) is 0 Å². The number of aromatic nitrogens is 2. The molecule has 102 valence electrons. The number of hydrogen-bond donors (Lipinski definition) is 1. The summed E-state index contributed by atoms with van der Waals surface area (Å²) in [5, 5.41) is 1.99. The summed E-state index contributed by atoms with van der Waals surface area (Å²) < 4.78 is 1.94. The lowest BCUT2D eigenvalue weighted by molar-refractivity contribution is 1.06. The molecule has 0 fully saturated rings. The van der Waals surface area contributed by atoms with Gasteiger partial charge in [-0.2, -0.15) is 0 Å². The van der Waals surface area contributed by atoms with Crippen LogP contribution in [0.3, 0.4) is 0 Å². The van der Waals surface area contributed by atoms with Crippen molar-refractivity contribution in [3.63, 3.8) is 0 Å². The first-order valence-corrected chi connectivity index (χ1v) is 6.67. The summed E-state index contributed by atoms with van der Waals surface area (Å²) >= 11 is 1.58. The predicted molar refractivity (Wildman–Crippen MR) is 93.7 cm³/mol. The lowest BCUT2D eigenvalue weighted by Crippen LogP contribution is -2.10. The molecule has 0 saturated carbocycles. The van der Waals surface area contributed by atoms with E-state index >= 15 is 0 Å². The van der Waals surface area contributed by atoms with E-state index in [0.29, 0.717) is 5.84 Å². The molecule has 2 heterocycles. The molecule has 0 aliphatic rings. The second-order valence-corrected chi connectivity index (χ2v) is 4.91. The highest BCUT2D eigenvalue weighted by Crippen LogP contribution is 2.17. The molecule has 1 aromatic carbocycles. The van der Waals surface area contributed by atoms with E-state index in [-0.39, 0.29) is 24.0 Å². The van der Waals surface area contributed by atoms with E-state index in [1.54, 1.807) is 23.9 Å². The predicted octanol–water partition coefficient (Wildman–Crippen LogP) is 3.59. The van der Waals surface area contributed by atoms with Crippen LogP contribution < -0.4 is 5.73 Å². The van der Waals surface area contributed by atoms with Crippen LogP contribution in [-0.4, -0.2) is 15.4 Å². The van der Waals surface area contributed by atoms with Crippen LogP contribution in [0.4, 0.5) is 5.69 Å². The van der Waals surface area contributed by atoms with Crippen LogP contribution >= 0.6 is 35.3 Å². The van der Waals surface area contributed by atoms with E-state index in [2.05, 4.69) is 9.98 Å². The summed E-state index contributed by atoms with van der Waals surface area (Å²) in [4.78, 5) is 9.41. The minimum atomic E-state index is 0. The van der Waals surface area contributed by atoms with E-state index in [1.165, 1.54) is 0 Å². The van der Waals surface area contributed by atoms with Crippen molar-refractivity contribution >= 4 is 46.8 Å². The molecule has 0 atom stereocenters. The topological polar surface area (TPSA) is 56.2 Å².